The van der Waals surface area contributed by atoms with E-state index in [2.05, 4.69) is 0 Å². The molecule has 2 aromatic carbocycles. The van der Waals surface area contributed by atoms with Gasteiger partial charge in [-0.25, -0.2) is 0 Å². The SMILES string of the molecule is [O-]c1ccccc1.[O-]c1ccccc1.[Zr+4]. The summed E-state index contributed by atoms with van der Waals surface area (Å²) >= 11 is 0. The smallest absolute Gasteiger partial charge is 0.872 e. The number of para-hydroxylation sites is 2. The minimum Gasteiger partial charge on any atom is -0.872 e. The van der Waals surface area contributed by atoms with Crippen molar-refractivity contribution in [2.75, 3.05) is 0 Å². The van der Waals surface area contributed by atoms with Crippen molar-refractivity contribution in [3.8, 4) is 11.5 Å². The predicted molar refractivity (Wildman–Crippen MR) is 51.8 cm³/mol. The van der Waals surface area contributed by atoms with Crippen LogP contribution in [-0.4, -0.2) is 0 Å². The summed E-state index contributed by atoms with van der Waals surface area (Å²) in [6.45, 7) is 0. The van der Waals surface area contributed by atoms with E-state index >= 15 is 0 Å². The fourth-order valence-electron chi connectivity index (χ4n) is 0.841. The van der Waals surface area contributed by atoms with Gasteiger partial charge in [0.05, 0.1) is 0 Å². The van der Waals surface area contributed by atoms with Crippen LogP contribution in [0.15, 0.2) is 60.7 Å². The maximum Gasteiger partial charge on any atom is 4.00 e. The van der Waals surface area contributed by atoms with Crippen LogP contribution in [0.5, 0.6) is 11.5 Å². The van der Waals surface area contributed by atoms with E-state index in [4.69, 9.17) is 0 Å². The molecule has 0 spiro atoms. The molecule has 0 aliphatic carbocycles. The molecule has 0 aliphatic rings. The molecule has 0 unspecified atom stereocenters. The van der Waals surface area contributed by atoms with Crippen LogP contribution in [0.4, 0.5) is 0 Å². The molecular weight excluding hydrogens is 267 g/mol. The fourth-order valence-corrected chi connectivity index (χ4v) is 0.841. The Hall–Kier alpha value is -1.08. The van der Waals surface area contributed by atoms with E-state index in [0.29, 0.717) is 0 Å². The molecule has 0 heterocycles. The molecule has 2 nitrogen and oxygen atoms in total. The summed E-state index contributed by atoms with van der Waals surface area (Å²) in [5.74, 6) is 0.144. The molecular formula is C12H10O2Zr+2. The van der Waals surface area contributed by atoms with E-state index in [9.17, 15) is 10.2 Å². The van der Waals surface area contributed by atoms with Gasteiger partial charge < -0.3 is 10.2 Å². The molecule has 0 saturated carbocycles. The Labute approximate surface area is 108 Å². The summed E-state index contributed by atoms with van der Waals surface area (Å²) in [5, 5.41) is 20.5. The van der Waals surface area contributed by atoms with Crippen molar-refractivity contribution in [1.29, 1.82) is 0 Å². The van der Waals surface area contributed by atoms with E-state index in [1.807, 2.05) is 12.1 Å². The summed E-state index contributed by atoms with van der Waals surface area (Å²) in [7, 11) is 0. The first-order valence-electron chi connectivity index (χ1n) is 4.23. The zero-order valence-corrected chi connectivity index (χ0v) is 10.5. The molecule has 0 amide bonds. The second-order valence-electron chi connectivity index (χ2n) is 2.63. The summed E-state index contributed by atoms with van der Waals surface area (Å²) < 4.78 is 0. The van der Waals surface area contributed by atoms with E-state index in [0.717, 1.165) is 0 Å². The van der Waals surface area contributed by atoms with Crippen LogP contribution in [0.1, 0.15) is 0 Å². The number of benzene rings is 2. The van der Waals surface area contributed by atoms with Gasteiger partial charge in [0.25, 0.3) is 0 Å². The van der Waals surface area contributed by atoms with Crippen molar-refractivity contribution in [2.24, 2.45) is 0 Å². The second-order valence-corrected chi connectivity index (χ2v) is 2.63. The van der Waals surface area contributed by atoms with Gasteiger partial charge in [0.2, 0.25) is 0 Å². The van der Waals surface area contributed by atoms with Crippen molar-refractivity contribution in [3.63, 3.8) is 0 Å². The van der Waals surface area contributed by atoms with Crippen molar-refractivity contribution in [2.45, 2.75) is 0 Å². The van der Waals surface area contributed by atoms with Crippen molar-refractivity contribution >= 4 is 0 Å². The average Bonchev–Trinajstić information content (AvgIpc) is 2.21. The van der Waals surface area contributed by atoms with Gasteiger partial charge in [-0.1, -0.05) is 60.7 Å². The monoisotopic (exact) mass is 276 g/mol. The van der Waals surface area contributed by atoms with Crippen LogP contribution < -0.4 is 10.2 Å². The average molecular weight is 277 g/mol. The Bertz CT molecular complexity index is 311. The van der Waals surface area contributed by atoms with Crippen LogP contribution >= 0.6 is 0 Å². The van der Waals surface area contributed by atoms with Gasteiger partial charge in [-0.05, 0) is 0 Å². The van der Waals surface area contributed by atoms with Gasteiger partial charge in [-0.15, -0.1) is 11.5 Å². The maximum atomic E-state index is 10.3. The Balaban J connectivity index is 0.000000245. The molecule has 2 rings (SSSR count). The van der Waals surface area contributed by atoms with Gasteiger partial charge in [0.15, 0.2) is 0 Å². The molecule has 15 heavy (non-hydrogen) atoms. The number of hydrogen-bond donors (Lipinski definition) is 0. The largest absolute Gasteiger partial charge is 4.00 e. The van der Waals surface area contributed by atoms with E-state index in [-0.39, 0.29) is 37.7 Å². The van der Waals surface area contributed by atoms with Gasteiger partial charge in [-0.3, -0.25) is 0 Å². The second kappa shape index (κ2) is 8.25. The molecule has 0 aliphatic heterocycles. The maximum absolute atomic E-state index is 10.3. The molecule has 0 atom stereocenters. The standard InChI is InChI=1S/2C6H6O.Zr/c2*7-6-4-2-1-3-5-6;/h2*1-5,7H;/q;;+4/p-2. The molecule has 72 valence electrons. The van der Waals surface area contributed by atoms with Crippen molar-refractivity contribution < 1.29 is 36.4 Å². The molecule has 0 bridgehead atoms. The predicted octanol–water partition coefficient (Wildman–Crippen LogP) is 1.52. The zero-order valence-electron chi connectivity index (χ0n) is 8.09. The molecule has 0 radical (unpaired) electrons. The van der Waals surface area contributed by atoms with Crippen molar-refractivity contribution in [3.05, 3.63) is 60.7 Å². The van der Waals surface area contributed by atoms with Crippen LogP contribution in [0.2, 0.25) is 0 Å². The van der Waals surface area contributed by atoms with Crippen LogP contribution in [0.3, 0.4) is 0 Å². The van der Waals surface area contributed by atoms with Crippen LogP contribution in [-0.2, 0) is 26.2 Å². The molecule has 0 N–H and O–H groups in total. The number of hydrogen-bond acceptors (Lipinski definition) is 2. The minimum atomic E-state index is 0. The third-order valence-corrected chi connectivity index (χ3v) is 1.49. The quantitative estimate of drug-likeness (QED) is 0.733. The van der Waals surface area contributed by atoms with E-state index in [1.165, 1.54) is 24.3 Å². The molecule has 2 aromatic rings. The summed E-state index contributed by atoms with van der Waals surface area (Å²) in [5.41, 5.74) is 0. The third-order valence-electron chi connectivity index (χ3n) is 1.49. The topological polar surface area (TPSA) is 46.1 Å². The summed E-state index contributed by atoms with van der Waals surface area (Å²) in [6.07, 6.45) is 0. The summed E-state index contributed by atoms with van der Waals surface area (Å²) in [4.78, 5) is 0. The number of rotatable bonds is 0. The van der Waals surface area contributed by atoms with Gasteiger partial charge in [0, 0.05) is 0 Å². The molecule has 0 saturated heterocycles. The summed E-state index contributed by atoms with van der Waals surface area (Å²) in [6, 6.07) is 16.7. The first-order chi connectivity index (χ1) is 6.79. The first-order valence-corrected chi connectivity index (χ1v) is 4.23. The first kappa shape index (κ1) is 13.9. The Morgan fingerprint density at radius 3 is 0.933 bits per heavy atom. The zero-order chi connectivity index (χ0) is 10.2. The van der Waals surface area contributed by atoms with Crippen LogP contribution in [0.25, 0.3) is 0 Å². The minimum absolute atomic E-state index is 0. The molecule has 0 fully saturated rings. The van der Waals surface area contributed by atoms with Gasteiger partial charge in [0.1, 0.15) is 0 Å². The van der Waals surface area contributed by atoms with Crippen molar-refractivity contribution in [1.82, 2.24) is 0 Å². The van der Waals surface area contributed by atoms with Gasteiger partial charge >= 0.3 is 26.2 Å². The van der Waals surface area contributed by atoms with E-state index in [1.54, 1.807) is 24.3 Å². The normalized spacial score (nSPS) is 8.00. The fraction of sp³-hybridized carbons (Fsp3) is 0. The molecule has 0 aromatic heterocycles. The molecule has 3 heteroatoms. The Morgan fingerprint density at radius 2 is 0.800 bits per heavy atom. The Morgan fingerprint density at radius 1 is 0.533 bits per heavy atom. The third kappa shape index (κ3) is 6.92. The van der Waals surface area contributed by atoms with Crippen LogP contribution in [0, 0.1) is 0 Å². The van der Waals surface area contributed by atoms with E-state index < -0.39 is 0 Å². The Kier molecular flexibility index (Phi) is 7.66. The van der Waals surface area contributed by atoms with Gasteiger partial charge in [-0.2, -0.15) is 0 Å².